The van der Waals surface area contributed by atoms with Gasteiger partial charge in [-0.3, -0.25) is 0 Å². The lowest BCUT2D eigenvalue weighted by Crippen LogP contribution is -2.31. The number of alkyl halides is 1. The van der Waals surface area contributed by atoms with Gasteiger partial charge in [-0.15, -0.1) is 6.58 Å². The molecule has 0 heterocycles. The van der Waals surface area contributed by atoms with Gasteiger partial charge in [0.15, 0.2) is 6.29 Å². The van der Waals surface area contributed by atoms with Crippen molar-refractivity contribution in [2.24, 2.45) is 0 Å². The highest BCUT2D eigenvalue weighted by Crippen LogP contribution is 2.15. The van der Waals surface area contributed by atoms with Crippen LogP contribution in [0.25, 0.3) is 0 Å². The monoisotopic (exact) mass is 264 g/mol. The zero-order valence-corrected chi connectivity index (χ0v) is 11.0. The van der Waals surface area contributed by atoms with E-state index in [4.69, 9.17) is 9.47 Å². The molecule has 0 aromatic rings. The maximum absolute atomic E-state index is 5.70. The molecule has 0 aliphatic rings. The molecule has 0 aliphatic heterocycles. The first-order valence-electron chi connectivity index (χ1n) is 5.04. The third-order valence-electron chi connectivity index (χ3n) is 1.85. The van der Waals surface area contributed by atoms with Crippen LogP contribution < -0.4 is 0 Å². The van der Waals surface area contributed by atoms with E-state index in [9.17, 15) is 0 Å². The molecule has 0 saturated heterocycles. The molecule has 1 atom stereocenters. The Labute approximate surface area is 95.8 Å². The van der Waals surface area contributed by atoms with Gasteiger partial charge in [0.05, 0.1) is 10.9 Å². The Bertz CT molecular complexity index is 157. The van der Waals surface area contributed by atoms with Crippen molar-refractivity contribution in [3.05, 3.63) is 12.7 Å². The van der Waals surface area contributed by atoms with Crippen LogP contribution >= 0.6 is 15.9 Å². The van der Waals surface area contributed by atoms with Crippen LogP contribution in [0.4, 0.5) is 0 Å². The van der Waals surface area contributed by atoms with Crippen molar-refractivity contribution in [3.63, 3.8) is 0 Å². The topological polar surface area (TPSA) is 18.5 Å². The van der Waals surface area contributed by atoms with Crippen molar-refractivity contribution in [2.45, 2.75) is 45.5 Å². The van der Waals surface area contributed by atoms with E-state index in [1.54, 1.807) is 6.08 Å². The van der Waals surface area contributed by atoms with Gasteiger partial charge in [-0.1, -0.05) is 35.4 Å². The van der Waals surface area contributed by atoms with Crippen LogP contribution in [0.15, 0.2) is 12.7 Å². The highest BCUT2D eigenvalue weighted by atomic mass is 79.9. The quantitative estimate of drug-likeness (QED) is 0.289. The average Bonchev–Trinajstić information content (AvgIpc) is 2.16. The molecule has 1 unspecified atom stereocenters. The minimum absolute atomic E-state index is 0.186. The second kappa shape index (κ2) is 7.43. The van der Waals surface area contributed by atoms with E-state index in [0.29, 0.717) is 5.33 Å². The lowest BCUT2D eigenvalue weighted by atomic mass is 10.1. The molecular weight excluding hydrogens is 244 g/mol. The molecule has 0 aromatic heterocycles. The van der Waals surface area contributed by atoms with Gasteiger partial charge < -0.3 is 9.47 Å². The normalized spacial score (nSPS) is 14.0. The van der Waals surface area contributed by atoms with Crippen LogP contribution in [0.5, 0.6) is 0 Å². The van der Waals surface area contributed by atoms with Crippen molar-refractivity contribution in [1.82, 2.24) is 0 Å². The van der Waals surface area contributed by atoms with E-state index in [1.807, 2.05) is 13.8 Å². The van der Waals surface area contributed by atoms with Gasteiger partial charge in [0.25, 0.3) is 0 Å². The first-order chi connectivity index (χ1) is 6.55. The first-order valence-corrected chi connectivity index (χ1v) is 6.17. The predicted molar refractivity (Wildman–Crippen MR) is 63.8 cm³/mol. The Morgan fingerprint density at radius 3 is 2.57 bits per heavy atom. The SMILES string of the molecule is C=CC(C)(C)OC(CBr)OCCCC. The van der Waals surface area contributed by atoms with Gasteiger partial charge in [0.2, 0.25) is 0 Å². The summed E-state index contributed by atoms with van der Waals surface area (Å²) >= 11 is 3.37. The number of hydrogen-bond acceptors (Lipinski definition) is 2. The summed E-state index contributed by atoms with van der Waals surface area (Å²) in [6, 6.07) is 0. The number of halogens is 1. The lowest BCUT2D eigenvalue weighted by molar-refractivity contribution is -0.172. The molecule has 0 aliphatic carbocycles. The highest BCUT2D eigenvalue weighted by molar-refractivity contribution is 9.09. The Kier molecular flexibility index (Phi) is 7.51. The Hall–Kier alpha value is 0.140. The van der Waals surface area contributed by atoms with Crippen molar-refractivity contribution >= 4 is 15.9 Å². The van der Waals surface area contributed by atoms with Crippen molar-refractivity contribution in [3.8, 4) is 0 Å². The summed E-state index contributed by atoms with van der Waals surface area (Å²) in [5.41, 5.74) is -0.329. The summed E-state index contributed by atoms with van der Waals surface area (Å²) in [7, 11) is 0. The Balaban J connectivity index is 3.84. The summed E-state index contributed by atoms with van der Waals surface area (Å²) < 4.78 is 11.2. The first kappa shape index (κ1) is 14.1. The highest BCUT2D eigenvalue weighted by Gasteiger charge is 2.19. The molecular formula is C11H21BrO2. The van der Waals surface area contributed by atoms with E-state index in [0.717, 1.165) is 19.4 Å². The molecule has 0 fully saturated rings. The molecule has 0 bridgehead atoms. The van der Waals surface area contributed by atoms with Gasteiger partial charge in [-0.2, -0.15) is 0 Å². The average molecular weight is 265 g/mol. The zero-order chi connectivity index (χ0) is 11.0. The van der Waals surface area contributed by atoms with Crippen LogP contribution in [0.2, 0.25) is 0 Å². The number of rotatable bonds is 8. The second-order valence-corrected chi connectivity index (χ2v) is 4.38. The summed E-state index contributed by atoms with van der Waals surface area (Å²) in [6.45, 7) is 10.6. The van der Waals surface area contributed by atoms with E-state index in [1.165, 1.54) is 0 Å². The molecule has 14 heavy (non-hydrogen) atoms. The van der Waals surface area contributed by atoms with Crippen LogP contribution in [0, 0.1) is 0 Å². The molecule has 0 rings (SSSR count). The Morgan fingerprint density at radius 1 is 1.50 bits per heavy atom. The third-order valence-corrected chi connectivity index (χ3v) is 2.38. The van der Waals surface area contributed by atoms with E-state index < -0.39 is 0 Å². The lowest BCUT2D eigenvalue weighted by Gasteiger charge is -2.27. The number of unbranched alkanes of at least 4 members (excludes halogenated alkanes) is 1. The summed E-state index contributed by atoms with van der Waals surface area (Å²) in [5, 5.41) is 0.688. The van der Waals surface area contributed by atoms with Crippen LogP contribution in [-0.2, 0) is 9.47 Å². The summed E-state index contributed by atoms with van der Waals surface area (Å²) in [6.07, 6.45) is 3.81. The molecule has 2 nitrogen and oxygen atoms in total. The predicted octanol–water partition coefficient (Wildman–Crippen LogP) is 3.51. The third kappa shape index (κ3) is 6.57. The maximum Gasteiger partial charge on any atom is 0.168 e. The fraction of sp³-hybridized carbons (Fsp3) is 0.818. The van der Waals surface area contributed by atoms with E-state index in [2.05, 4.69) is 29.4 Å². The standard InChI is InChI=1S/C11H21BrO2/c1-5-7-8-13-10(9-12)14-11(3,4)6-2/h6,10H,2,5,7-9H2,1,3-4H3. The van der Waals surface area contributed by atoms with Crippen molar-refractivity contribution in [1.29, 1.82) is 0 Å². The summed E-state index contributed by atoms with van der Waals surface area (Å²) in [4.78, 5) is 0. The molecule has 0 radical (unpaired) electrons. The molecule has 3 heteroatoms. The smallest absolute Gasteiger partial charge is 0.168 e. The van der Waals surface area contributed by atoms with E-state index >= 15 is 0 Å². The number of hydrogen-bond donors (Lipinski definition) is 0. The molecule has 0 amide bonds. The van der Waals surface area contributed by atoms with Crippen LogP contribution in [0.1, 0.15) is 33.6 Å². The minimum Gasteiger partial charge on any atom is -0.352 e. The maximum atomic E-state index is 5.70. The van der Waals surface area contributed by atoms with Gasteiger partial charge in [-0.05, 0) is 20.3 Å². The zero-order valence-electron chi connectivity index (χ0n) is 9.38. The molecule has 0 saturated carbocycles. The fourth-order valence-electron chi connectivity index (χ4n) is 0.856. The Morgan fingerprint density at radius 2 is 2.14 bits per heavy atom. The van der Waals surface area contributed by atoms with Crippen LogP contribution in [0.3, 0.4) is 0 Å². The fourth-order valence-corrected chi connectivity index (χ4v) is 1.18. The minimum atomic E-state index is -0.329. The van der Waals surface area contributed by atoms with Gasteiger partial charge >= 0.3 is 0 Å². The molecule has 84 valence electrons. The largest absolute Gasteiger partial charge is 0.352 e. The van der Waals surface area contributed by atoms with Crippen molar-refractivity contribution < 1.29 is 9.47 Å². The molecule has 0 aromatic carbocycles. The van der Waals surface area contributed by atoms with Gasteiger partial charge in [-0.25, -0.2) is 0 Å². The second-order valence-electron chi connectivity index (χ2n) is 3.73. The number of ether oxygens (including phenoxy) is 2. The molecule has 0 N–H and O–H groups in total. The summed E-state index contributed by atoms with van der Waals surface area (Å²) in [5.74, 6) is 0. The van der Waals surface area contributed by atoms with Crippen LogP contribution in [-0.4, -0.2) is 23.8 Å². The van der Waals surface area contributed by atoms with Crippen molar-refractivity contribution in [2.75, 3.05) is 11.9 Å². The van der Waals surface area contributed by atoms with E-state index in [-0.39, 0.29) is 11.9 Å². The molecule has 0 spiro atoms. The van der Waals surface area contributed by atoms with Gasteiger partial charge in [0, 0.05) is 6.61 Å². The van der Waals surface area contributed by atoms with Gasteiger partial charge in [0.1, 0.15) is 0 Å².